The van der Waals surface area contributed by atoms with Crippen molar-refractivity contribution in [2.24, 2.45) is 0 Å². The molecule has 0 spiro atoms. The van der Waals surface area contributed by atoms with Crippen LogP contribution in [0.1, 0.15) is 45.4 Å². The van der Waals surface area contributed by atoms with Gasteiger partial charge in [-0.2, -0.15) is 0 Å². The Morgan fingerprint density at radius 2 is 2.16 bits per heavy atom. The normalized spacial score (nSPS) is 24.7. The van der Waals surface area contributed by atoms with E-state index in [-0.39, 0.29) is 5.56 Å². The molecule has 0 amide bonds. The molecule has 5 heteroatoms. The largest absolute Gasteiger partial charge is 0.313 e. The first-order valence-electron chi connectivity index (χ1n) is 7.25. The highest BCUT2D eigenvalue weighted by Crippen LogP contribution is 2.30. The topological polar surface area (TPSA) is 57.8 Å². The molecule has 1 aromatic rings. The Morgan fingerprint density at radius 3 is 2.89 bits per heavy atom. The molecule has 19 heavy (non-hydrogen) atoms. The van der Waals surface area contributed by atoms with Crippen LogP contribution in [0.25, 0.3) is 0 Å². The van der Waals surface area contributed by atoms with Crippen molar-refractivity contribution in [3.8, 4) is 0 Å². The van der Waals surface area contributed by atoms with Gasteiger partial charge in [-0.25, -0.2) is 4.98 Å². The summed E-state index contributed by atoms with van der Waals surface area (Å²) in [5, 5.41) is 4.85. The van der Waals surface area contributed by atoms with Crippen molar-refractivity contribution in [3.63, 3.8) is 0 Å². The molecule has 0 bridgehead atoms. The van der Waals surface area contributed by atoms with E-state index in [0.717, 1.165) is 11.7 Å². The van der Waals surface area contributed by atoms with E-state index < -0.39 is 0 Å². The van der Waals surface area contributed by atoms with Gasteiger partial charge in [-0.05, 0) is 19.4 Å². The molecule has 2 unspecified atom stereocenters. The standard InChI is InChI=1S/C14H23N3OS/c1-2-15-11-7-5-3-4-6-8-12(11)19-14-16-10-9-13(18)17-14/h9-12,15H,2-8H2,1H3,(H,16,17,18). The molecule has 1 saturated carbocycles. The maximum Gasteiger partial charge on any atom is 0.251 e. The van der Waals surface area contributed by atoms with Crippen molar-refractivity contribution in [2.45, 2.75) is 61.9 Å². The van der Waals surface area contributed by atoms with E-state index in [4.69, 9.17) is 0 Å². The minimum atomic E-state index is -0.0663. The lowest BCUT2D eigenvalue weighted by atomic mass is 9.96. The van der Waals surface area contributed by atoms with Crippen molar-refractivity contribution >= 4 is 11.8 Å². The van der Waals surface area contributed by atoms with Gasteiger partial charge in [0.05, 0.1) is 0 Å². The average molecular weight is 281 g/mol. The third-order valence-electron chi connectivity index (χ3n) is 3.58. The van der Waals surface area contributed by atoms with Crippen LogP contribution in [0.3, 0.4) is 0 Å². The quantitative estimate of drug-likeness (QED) is 0.833. The first-order valence-corrected chi connectivity index (χ1v) is 8.13. The lowest BCUT2D eigenvalue weighted by Gasteiger charge is -2.29. The Labute approximate surface area is 118 Å². The number of H-pyrrole nitrogens is 1. The molecule has 2 atom stereocenters. The van der Waals surface area contributed by atoms with Gasteiger partial charge in [0, 0.05) is 23.6 Å². The van der Waals surface area contributed by atoms with E-state index in [0.29, 0.717) is 11.3 Å². The fourth-order valence-electron chi connectivity index (χ4n) is 2.64. The Hall–Kier alpha value is -0.810. The van der Waals surface area contributed by atoms with Gasteiger partial charge in [0.15, 0.2) is 5.16 Å². The van der Waals surface area contributed by atoms with Crippen LogP contribution in [0.4, 0.5) is 0 Å². The van der Waals surface area contributed by atoms with Crippen LogP contribution in [0.5, 0.6) is 0 Å². The summed E-state index contributed by atoms with van der Waals surface area (Å²) in [7, 11) is 0. The zero-order chi connectivity index (χ0) is 13.5. The summed E-state index contributed by atoms with van der Waals surface area (Å²) in [6.45, 7) is 3.16. The zero-order valence-corrected chi connectivity index (χ0v) is 12.3. The average Bonchev–Trinajstić information content (AvgIpc) is 2.37. The number of nitrogens with one attached hydrogen (secondary N) is 2. The summed E-state index contributed by atoms with van der Waals surface area (Å²) >= 11 is 1.72. The highest BCUT2D eigenvalue weighted by Gasteiger charge is 2.23. The molecule has 1 aromatic heterocycles. The van der Waals surface area contributed by atoms with Crippen LogP contribution in [-0.2, 0) is 0 Å². The molecule has 1 aliphatic rings. The second-order valence-corrected chi connectivity index (χ2v) is 6.28. The minimum absolute atomic E-state index is 0.0663. The van der Waals surface area contributed by atoms with E-state index in [9.17, 15) is 4.79 Å². The van der Waals surface area contributed by atoms with Gasteiger partial charge in [0.2, 0.25) is 0 Å². The maximum atomic E-state index is 11.3. The molecule has 1 heterocycles. The predicted molar refractivity (Wildman–Crippen MR) is 79.7 cm³/mol. The number of thioether (sulfide) groups is 1. The van der Waals surface area contributed by atoms with E-state index in [1.807, 2.05) is 0 Å². The highest BCUT2D eigenvalue weighted by molar-refractivity contribution is 7.99. The van der Waals surface area contributed by atoms with Crippen molar-refractivity contribution in [2.75, 3.05) is 6.54 Å². The minimum Gasteiger partial charge on any atom is -0.313 e. The summed E-state index contributed by atoms with van der Waals surface area (Å²) < 4.78 is 0. The lowest BCUT2D eigenvalue weighted by molar-refractivity contribution is 0.405. The lowest BCUT2D eigenvalue weighted by Crippen LogP contribution is -2.39. The molecule has 0 aliphatic heterocycles. The molecule has 1 fully saturated rings. The molecule has 1 aliphatic carbocycles. The van der Waals surface area contributed by atoms with E-state index in [2.05, 4.69) is 22.2 Å². The molecule has 2 rings (SSSR count). The van der Waals surface area contributed by atoms with Gasteiger partial charge in [-0.3, -0.25) is 4.79 Å². The van der Waals surface area contributed by atoms with Crippen molar-refractivity contribution in [1.82, 2.24) is 15.3 Å². The number of rotatable bonds is 4. The van der Waals surface area contributed by atoms with Gasteiger partial charge < -0.3 is 10.3 Å². The van der Waals surface area contributed by atoms with Gasteiger partial charge in [0.25, 0.3) is 5.56 Å². The van der Waals surface area contributed by atoms with Crippen LogP contribution in [0.15, 0.2) is 22.2 Å². The highest BCUT2D eigenvalue weighted by atomic mass is 32.2. The number of aromatic amines is 1. The molecular formula is C14H23N3OS. The third kappa shape index (κ3) is 4.66. The van der Waals surface area contributed by atoms with Crippen LogP contribution >= 0.6 is 11.8 Å². The van der Waals surface area contributed by atoms with Crippen LogP contribution in [0, 0.1) is 0 Å². The summed E-state index contributed by atoms with van der Waals surface area (Å²) in [4.78, 5) is 18.4. The molecule has 0 radical (unpaired) electrons. The second-order valence-electron chi connectivity index (χ2n) is 5.05. The van der Waals surface area contributed by atoms with Gasteiger partial charge in [0.1, 0.15) is 0 Å². The molecule has 0 aromatic carbocycles. The third-order valence-corrected chi connectivity index (χ3v) is 4.88. The molecule has 4 nitrogen and oxygen atoms in total. The smallest absolute Gasteiger partial charge is 0.251 e. The van der Waals surface area contributed by atoms with Gasteiger partial charge >= 0.3 is 0 Å². The molecule has 2 N–H and O–H groups in total. The Kier molecular flexibility index (Phi) is 5.92. The van der Waals surface area contributed by atoms with Crippen LogP contribution < -0.4 is 10.9 Å². The number of hydrogen-bond acceptors (Lipinski definition) is 4. The number of aromatic nitrogens is 2. The fraction of sp³-hybridized carbons (Fsp3) is 0.714. The first kappa shape index (κ1) is 14.6. The Morgan fingerprint density at radius 1 is 1.37 bits per heavy atom. The summed E-state index contributed by atoms with van der Waals surface area (Å²) in [5.41, 5.74) is -0.0663. The molecule has 0 saturated heterocycles. The second kappa shape index (κ2) is 7.70. The molecular weight excluding hydrogens is 258 g/mol. The Balaban J connectivity index is 2.05. The van der Waals surface area contributed by atoms with Crippen LogP contribution in [-0.4, -0.2) is 27.8 Å². The van der Waals surface area contributed by atoms with Gasteiger partial charge in [-0.15, -0.1) is 0 Å². The summed E-state index contributed by atoms with van der Waals surface area (Å²) in [6, 6.07) is 1.99. The van der Waals surface area contributed by atoms with Crippen molar-refractivity contribution < 1.29 is 0 Å². The van der Waals surface area contributed by atoms with Crippen molar-refractivity contribution in [3.05, 3.63) is 22.6 Å². The summed E-state index contributed by atoms with van der Waals surface area (Å²) in [5.74, 6) is 0. The van der Waals surface area contributed by atoms with E-state index in [1.165, 1.54) is 44.6 Å². The summed E-state index contributed by atoms with van der Waals surface area (Å²) in [6.07, 6.45) is 9.26. The monoisotopic (exact) mass is 281 g/mol. The van der Waals surface area contributed by atoms with E-state index >= 15 is 0 Å². The van der Waals surface area contributed by atoms with Gasteiger partial charge in [-0.1, -0.05) is 44.4 Å². The zero-order valence-electron chi connectivity index (χ0n) is 11.5. The molecule has 106 valence electrons. The predicted octanol–water partition coefficient (Wildman–Crippen LogP) is 2.56. The SMILES string of the molecule is CCNC1CCCCCCC1Sc1nccc(=O)[nH]1. The Bertz CT molecular complexity index is 435. The van der Waals surface area contributed by atoms with E-state index in [1.54, 1.807) is 18.0 Å². The number of nitrogens with zero attached hydrogens (tertiary/aromatic N) is 1. The maximum absolute atomic E-state index is 11.3. The van der Waals surface area contributed by atoms with Crippen LogP contribution in [0.2, 0.25) is 0 Å². The first-order chi connectivity index (χ1) is 9.29. The fourth-order valence-corrected chi connectivity index (χ4v) is 3.89. The number of hydrogen-bond donors (Lipinski definition) is 2. The van der Waals surface area contributed by atoms with Crippen molar-refractivity contribution in [1.29, 1.82) is 0 Å².